The normalized spacial score (nSPS) is 14.7. The summed E-state index contributed by atoms with van der Waals surface area (Å²) in [5.41, 5.74) is 0.633. The zero-order chi connectivity index (χ0) is 13.0. The Morgan fingerprint density at radius 1 is 1.41 bits per heavy atom. The molecule has 1 aromatic rings. The average molecular weight is 262 g/mol. The Bertz CT molecular complexity index is 387. The second-order valence-electron chi connectivity index (χ2n) is 4.03. The maximum absolute atomic E-state index is 13.6. The molecule has 0 spiro atoms. The largest absolute Gasteiger partial charge is 0.390 e. The van der Waals surface area contributed by atoms with Crippen LogP contribution in [0, 0.1) is 12.7 Å². The fourth-order valence-electron chi connectivity index (χ4n) is 1.55. The first-order valence-corrected chi connectivity index (χ1v) is 5.81. The van der Waals surface area contributed by atoms with E-state index in [-0.39, 0.29) is 5.56 Å². The number of rotatable bonds is 5. The average Bonchev–Trinajstić information content (AvgIpc) is 2.29. The first-order valence-electron chi connectivity index (χ1n) is 5.43. The van der Waals surface area contributed by atoms with Crippen molar-refractivity contribution >= 4 is 11.6 Å². The summed E-state index contributed by atoms with van der Waals surface area (Å²) in [5.74, 6) is -0.553. The van der Waals surface area contributed by atoms with E-state index in [9.17, 15) is 14.6 Å². The smallest absolute Gasteiger partial charge is 0.129 e. The van der Waals surface area contributed by atoms with E-state index in [2.05, 4.69) is 5.32 Å². The van der Waals surface area contributed by atoms with Gasteiger partial charge >= 0.3 is 0 Å². The molecule has 0 bridgehead atoms. The van der Waals surface area contributed by atoms with Crippen LogP contribution in [0.4, 0.5) is 4.39 Å². The molecule has 0 saturated heterocycles. The van der Waals surface area contributed by atoms with Crippen molar-refractivity contribution in [2.45, 2.75) is 25.6 Å². The standard InChI is InChI=1S/C12H17ClFNO2/c1-7-5-10(14)8(6-9(7)13)12(17)11(16)3-4-15-2/h5-6,11-12,15-17H,3-4H2,1-2H3. The number of aliphatic hydroxyl groups is 2. The van der Waals surface area contributed by atoms with Gasteiger partial charge in [-0.25, -0.2) is 4.39 Å². The van der Waals surface area contributed by atoms with E-state index in [1.54, 1.807) is 14.0 Å². The number of aryl methyl sites for hydroxylation is 1. The van der Waals surface area contributed by atoms with Crippen LogP contribution in [0.2, 0.25) is 5.02 Å². The minimum absolute atomic E-state index is 0.0317. The monoisotopic (exact) mass is 261 g/mol. The highest BCUT2D eigenvalue weighted by molar-refractivity contribution is 6.31. The van der Waals surface area contributed by atoms with Crippen LogP contribution >= 0.6 is 11.6 Å². The highest BCUT2D eigenvalue weighted by atomic mass is 35.5. The molecule has 3 nitrogen and oxygen atoms in total. The number of aliphatic hydroxyl groups excluding tert-OH is 2. The zero-order valence-electron chi connectivity index (χ0n) is 9.87. The van der Waals surface area contributed by atoms with Gasteiger partial charge in [-0.05, 0) is 44.6 Å². The van der Waals surface area contributed by atoms with Gasteiger partial charge in [-0.3, -0.25) is 0 Å². The summed E-state index contributed by atoms with van der Waals surface area (Å²) in [7, 11) is 1.74. The van der Waals surface area contributed by atoms with Gasteiger partial charge in [0.25, 0.3) is 0 Å². The van der Waals surface area contributed by atoms with Gasteiger partial charge in [0.15, 0.2) is 0 Å². The van der Waals surface area contributed by atoms with Crippen LogP contribution in [0.25, 0.3) is 0 Å². The van der Waals surface area contributed by atoms with Crippen molar-refractivity contribution in [3.8, 4) is 0 Å². The Morgan fingerprint density at radius 3 is 2.65 bits per heavy atom. The number of nitrogens with one attached hydrogen (secondary N) is 1. The lowest BCUT2D eigenvalue weighted by atomic mass is 10.0. The first-order chi connectivity index (χ1) is 7.97. The minimum Gasteiger partial charge on any atom is -0.390 e. The molecule has 1 aromatic carbocycles. The van der Waals surface area contributed by atoms with Crippen molar-refractivity contribution in [3.05, 3.63) is 34.1 Å². The fraction of sp³-hybridized carbons (Fsp3) is 0.500. The Hall–Kier alpha value is -0.680. The molecule has 0 saturated carbocycles. The number of hydrogen-bond acceptors (Lipinski definition) is 3. The Kier molecular flexibility index (Phi) is 5.33. The van der Waals surface area contributed by atoms with Crippen LogP contribution < -0.4 is 5.32 Å². The van der Waals surface area contributed by atoms with E-state index >= 15 is 0 Å². The highest BCUT2D eigenvalue weighted by Gasteiger charge is 2.22. The molecule has 0 fully saturated rings. The first kappa shape index (κ1) is 14.4. The molecule has 17 heavy (non-hydrogen) atoms. The van der Waals surface area contributed by atoms with E-state index in [1.165, 1.54) is 12.1 Å². The molecule has 0 amide bonds. The van der Waals surface area contributed by atoms with Gasteiger partial charge in [0.2, 0.25) is 0 Å². The molecule has 0 heterocycles. The lowest BCUT2D eigenvalue weighted by Crippen LogP contribution is -2.24. The Labute approximate surface area is 105 Å². The SMILES string of the molecule is CNCCC(O)C(O)c1cc(Cl)c(C)cc1F. The lowest BCUT2D eigenvalue weighted by Gasteiger charge is -2.19. The predicted molar refractivity (Wildman–Crippen MR) is 65.7 cm³/mol. The number of halogens is 2. The third kappa shape index (κ3) is 3.64. The summed E-state index contributed by atoms with van der Waals surface area (Å²) in [5, 5.41) is 22.7. The van der Waals surface area contributed by atoms with Gasteiger partial charge in [-0.2, -0.15) is 0 Å². The van der Waals surface area contributed by atoms with Crippen molar-refractivity contribution in [1.82, 2.24) is 5.32 Å². The quantitative estimate of drug-likeness (QED) is 0.758. The molecule has 96 valence electrons. The highest BCUT2D eigenvalue weighted by Crippen LogP contribution is 2.27. The van der Waals surface area contributed by atoms with Gasteiger partial charge < -0.3 is 15.5 Å². The van der Waals surface area contributed by atoms with E-state index in [1.807, 2.05) is 0 Å². The maximum Gasteiger partial charge on any atom is 0.129 e. The van der Waals surface area contributed by atoms with Crippen LogP contribution in [0.15, 0.2) is 12.1 Å². The molecule has 3 N–H and O–H groups in total. The van der Waals surface area contributed by atoms with Crippen molar-refractivity contribution in [1.29, 1.82) is 0 Å². The summed E-state index contributed by atoms with van der Waals surface area (Å²) in [4.78, 5) is 0. The molecular weight excluding hydrogens is 245 g/mol. The predicted octanol–water partition coefficient (Wildman–Crippen LogP) is 1.79. The second-order valence-corrected chi connectivity index (χ2v) is 4.43. The van der Waals surface area contributed by atoms with Gasteiger partial charge in [0, 0.05) is 10.6 Å². The topological polar surface area (TPSA) is 52.5 Å². The minimum atomic E-state index is -1.26. The van der Waals surface area contributed by atoms with E-state index in [0.717, 1.165) is 0 Å². The fourth-order valence-corrected chi connectivity index (χ4v) is 1.72. The summed E-state index contributed by atoms with van der Waals surface area (Å²) in [6.07, 6.45) is -1.94. The number of hydrogen-bond donors (Lipinski definition) is 3. The van der Waals surface area contributed by atoms with E-state index < -0.39 is 18.0 Å². The van der Waals surface area contributed by atoms with E-state index in [0.29, 0.717) is 23.6 Å². The van der Waals surface area contributed by atoms with Gasteiger partial charge in [-0.15, -0.1) is 0 Å². The van der Waals surface area contributed by atoms with Crippen molar-refractivity contribution in [3.63, 3.8) is 0 Å². The van der Waals surface area contributed by atoms with Gasteiger partial charge in [0.05, 0.1) is 6.10 Å². The molecule has 0 radical (unpaired) electrons. The van der Waals surface area contributed by atoms with Crippen LogP contribution in [0.1, 0.15) is 23.7 Å². The summed E-state index contributed by atoms with van der Waals surface area (Å²) < 4.78 is 13.6. The third-order valence-electron chi connectivity index (χ3n) is 2.65. The van der Waals surface area contributed by atoms with Crippen molar-refractivity contribution in [2.24, 2.45) is 0 Å². The van der Waals surface area contributed by atoms with Crippen LogP contribution in [-0.2, 0) is 0 Å². The van der Waals surface area contributed by atoms with E-state index in [4.69, 9.17) is 11.6 Å². The van der Waals surface area contributed by atoms with Crippen molar-refractivity contribution < 1.29 is 14.6 Å². The molecule has 0 aliphatic heterocycles. The van der Waals surface area contributed by atoms with Gasteiger partial charge in [-0.1, -0.05) is 11.6 Å². The maximum atomic E-state index is 13.6. The molecule has 0 aliphatic carbocycles. The van der Waals surface area contributed by atoms with Crippen LogP contribution in [0.3, 0.4) is 0 Å². The molecule has 2 atom stereocenters. The molecular formula is C12H17ClFNO2. The molecule has 0 aliphatic rings. The zero-order valence-corrected chi connectivity index (χ0v) is 10.6. The van der Waals surface area contributed by atoms with Crippen molar-refractivity contribution in [2.75, 3.05) is 13.6 Å². The molecule has 2 unspecified atom stereocenters. The third-order valence-corrected chi connectivity index (χ3v) is 3.06. The second kappa shape index (κ2) is 6.31. The summed E-state index contributed by atoms with van der Waals surface area (Å²) in [6, 6.07) is 2.62. The summed E-state index contributed by atoms with van der Waals surface area (Å²) >= 11 is 5.87. The Morgan fingerprint density at radius 2 is 2.06 bits per heavy atom. The molecule has 1 rings (SSSR count). The van der Waals surface area contributed by atoms with Gasteiger partial charge in [0.1, 0.15) is 11.9 Å². The summed E-state index contributed by atoms with van der Waals surface area (Å²) in [6.45, 7) is 2.22. The lowest BCUT2D eigenvalue weighted by molar-refractivity contribution is 0.0120. The number of benzene rings is 1. The van der Waals surface area contributed by atoms with Crippen LogP contribution in [-0.4, -0.2) is 29.9 Å². The Balaban J connectivity index is 2.88. The molecule has 0 aromatic heterocycles. The van der Waals surface area contributed by atoms with Crippen LogP contribution in [0.5, 0.6) is 0 Å². The molecule has 5 heteroatoms.